The van der Waals surface area contributed by atoms with E-state index in [4.69, 9.17) is 32.1 Å². The predicted octanol–water partition coefficient (Wildman–Crippen LogP) is 4.57. The fourth-order valence-corrected chi connectivity index (χ4v) is 3.90. The van der Waals surface area contributed by atoms with Gasteiger partial charge >= 0.3 is 0 Å². The van der Waals surface area contributed by atoms with Crippen molar-refractivity contribution < 1.29 is 14.6 Å². The Hall–Kier alpha value is -3.80. The van der Waals surface area contributed by atoms with Gasteiger partial charge in [0.05, 0.1) is 18.4 Å². The van der Waals surface area contributed by atoms with Crippen LogP contribution in [0.25, 0.3) is 22.5 Å². The second-order valence-electron chi connectivity index (χ2n) is 8.08. The number of benzene rings is 2. The fourth-order valence-electron chi connectivity index (χ4n) is 3.67. The Bertz CT molecular complexity index is 1200. The lowest BCUT2D eigenvalue weighted by atomic mass is 10.1. The summed E-state index contributed by atoms with van der Waals surface area (Å²) < 4.78 is 7.64. The number of aliphatic hydroxyl groups excluding tert-OH is 1. The number of aliphatic hydroxyl groups is 1. The van der Waals surface area contributed by atoms with Crippen molar-refractivity contribution in [2.45, 2.75) is 32.2 Å². The molecule has 0 fully saturated rings. The quantitative estimate of drug-likeness (QED) is 0.162. The molecule has 0 aliphatic rings. The molecule has 0 saturated carbocycles. The molecule has 0 atom stereocenters. The lowest BCUT2D eigenvalue weighted by Gasteiger charge is -2.16. The lowest BCUT2D eigenvalue weighted by Crippen LogP contribution is -2.42. The van der Waals surface area contributed by atoms with Crippen molar-refractivity contribution in [2.24, 2.45) is 0 Å². The lowest BCUT2D eigenvalue weighted by molar-refractivity contribution is -0.120. The average molecular weight is 508 g/mol. The van der Waals surface area contributed by atoms with E-state index in [9.17, 15) is 4.79 Å². The highest BCUT2D eigenvalue weighted by Gasteiger charge is 2.17. The first-order valence-electron chi connectivity index (χ1n) is 11.8. The highest BCUT2D eigenvalue weighted by molar-refractivity contribution is 6.33. The van der Waals surface area contributed by atoms with Gasteiger partial charge in [0.2, 0.25) is 5.91 Å². The number of nitriles is 1. The first kappa shape index (κ1) is 26.8. The van der Waals surface area contributed by atoms with E-state index >= 15 is 0 Å². The van der Waals surface area contributed by atoms with Crippen LogP contribution in [0.2, 0.25) is 5.02 Å². The Morgan fingerprint density at radius 1 is 1.06 bits per heavy atom. The summed E-state index contributed by atoms with van der Waals surface area (Å²) in [7, 11) is 0. The van der Waals surface area contributed by atoms with Crippen molar-refractivity contribution in [3.05, 3.63) is 65.7 Å². The number of aromatic nitrogens is 1. The normalized spacial score (nSPS) is 10.5. The van der Waals surface area contributed by atoms with Crippen LogP contribution in [0.1, 0.15) is 25.7 Å². The zero-order valence-corrected chi connectivity index (χ0v) is 20.7. The van der Waals surface area contributed by atoms with E-state index in [0.717, 1.165) is 41.1 Å². The van der Waals surface area contributed by atoms with Gasteiger partial charge < -0.3 is 19.7 Å². The van der Waals surface area contributed by atoms with Crippen molar-refractivity contribution in [3.63, 3.8) is 0 Å². The minimum Gasteiger partial charge on any atom is -0.494 e. The summed E-state index contributed by atoms with van der Waals surface area (Å²) in [6.07, 6.45) is 2.64. The van der Waals surface area contributed by atoms with E-state index < -0.39 is 0 Å². The average Bonchev–Trinajstić information content (AvgIpc) is 3.27. The summed E-state index contributed by atoms with van der Waals surface area (Å²) in [4.78, 5) is 12.8. The number of guanidine groups is 1. The molecule has 1 heterocycles. The number of nitrogens with one attached hydrogen (secondary N) is 3. The fraction of sp³-hybridized carbons (Fsp3) is 0.296. The first-order chi connectivity index (χ1) is 17.5. The molecule has 3 rings (SSSR count). The summed E-state index contributed by atoms with van der Waals surface area (Å²) in [6, 6.07) is 21.1. The topological polar surface area (TPSA) is 123 Å². The largest absolute Gasteiger partial charge is 0.494 e. The van der Waals surface area contributed by atoms with Crippen LogP contribution in [0, 0.1) is 16.7 Å². The van der Waals surface area contributed by atoms with E-state index in [1.807, 2.05) is 59.2 Å². The Kier molecular flexibility index (Phi) is 10.4. The molecule has 188 valence electrons. The smallest absolute Gasteiger partial charge is 0.246 e. The van der Waals surface area contributed by atoms with Crippen molar-refractivity contribution >= 4 is 23.5 Å². The molecule has 36 heavy (non-hydrogen) atoms. The molecule has 0 radical (unpaired) electrons. The standard InChI is InChI=1S/C27H30ClN5O3/c28-23-8-3-2-7-22(23)25-14-13-24(33(25)19-26(35)32-27(30)31-16-6-17-34)20-9-11-21(12-10-20)36-18-5-1-4-15-29/h2-3,7-14,34H,1,4-6,16-19H2,(H3,30,31,32,35). The van der Waals surface area contributed by atoms with E-state index in [1.165, 1.54) is 0 Å². The van der Waals surface area contributed by atoms with Gasteiger partial charge in [0.1, 0.15) is 12.3 Å². The number of nitrogens with zero attached hydrogens (tertiary/aromatic N) is 2. The van der Waals surface area contributed by atoms with Crippen LogP contribution < -0.4 is 15.4 Å². The van der Waals surface area contributed by atoms with Gasteiger partial charge in [-0.1, -0.05) is 29.8 Å². The van der Waals surface area contributed by atoms with E-state index in [2.05, 4.69) is 16.7 Å². The molecule has 0 spiro atoms. The van der Waals surface area contributed by atoms with E-state index in [0.29, 0.717) is 31.0 Å². The van der Waals surface area contributed by atoms with Gasteiger partial charge in [-0.15, -0.1) is 0 Å². The van der Waals surface area contributed by atoms with Crippen LogP contribution >= 0.6 is 11.6 Å². The molecule has 0 unspecified atom stereocenters. The third kappa shape index (κ3) is 7.60. The molecule has 0 aliphatic carbocycles. The third-order valence-corrected chi connectivity index (χ3v) is 5.76. The van der Waals surface area contributed by atoms with Gasteiger partial charge in [-0.05, 0) is 67.3 Å². The number of unbranched alkanes of at least 4 members (excludes halogenated alkanes) is 2. The van der Waals surface area contributed by atoms with E-state index in [1.54, 1.807) is 6.07 Å². The molecular weight excluding hydrogens is 478 g/mol. The molecule has 0 bridgehead atoms. The third-order valence-electron chi connectivity index (χ3n) is 5.44. The highest BCUT2D eigenvalue weighted by Crippen LogP contribution is 2.33. The van der Waals surface area contributed by atoms with Crippen molar-refractivity contribution in [1.29, 1.82) is 10.7 Å². The van der Waals surface area contributed by atoms with Gasteiger partial charge in [-0.25, -0.2) is 0 Å². The number of ether oxygens (including phenoxy) is 1. The van der Waals surface area contributed by atoms with Gasteiger partial charge in [-0.3, -0.25) is 15.5 Å². The van der Waals surface area contributed by atoms with Crippen LogP contribution in [-0.2, 0) is 11.3 Å². The zero-order chi connectivity index (χ0) is 25.8. The molecule has 0 aliphatic heterocycles. The number of carbonyl (C=O) groups is 1. The number of rotatable bonds is 12. The monoisotopic (exact) mass is 507 g/mol. The summed E-state index contributed by atoms with van der Waals surface area (Å²) >= 11 is 6.47. The Morgan fingerprint density at radius 3 is 2.53 bits per heavy atom. The summed E-state index contributed by atoms with van der Waals surface area (Å²) in [6.45, 7) is 0.922. The minimum absolute atomic E-state index is 0.00712. The molecule has 1 aromatic heterocycles. The van der Waals surface area contributed by atoms with Gasteiger partial charge in [0.25, 0.3) is 0 Å². The molecule has 1 amide bonds. The Morgan fingerprint density at radius 2 is 1.81 bits per heavy atom. The van der Waals surface area contributed by atoms with Crippen LogP contribution in [0.4, 0.5) is 0 Å². The second kappa shape index (κ2) is 13.9. The summed E-state index contributed by atoms with van der Waals surface area (Å²) in [5.41, 5.74) is 3.30. The van der Waals surface area contributed by atoms with Crippen molar-refractivity contribution in [3.8, 4) is 34.3 Å². The number of hydrogen-bond donors (Lipinski definition) is 4. The van der Waals surface area contributed by atoms with Crippen LogP contribution in [-0.4, -0.2) is 41.3 Å². The molecule has 8 nitrogen and oxygen atoms in total. The minimum atomic E-state index is -0.362. The zero-order valence-electron chi connectivity index (χ0n) is 20.0. The van der Waals surface area contributed by atoms with Gasteiger partial charge in [-0.2, -0.15) is 5.26 Å². The molecule has 2 aromatic carbocycles. The maximum Gasteiger partial charge on any atom is 0.246 e. The van der Waals surface area contributed by atoms with E-state index in [-0.39, 0.29) is 25.0 Å². The summed E-state index contributed by atoms with van der Waals surface area (Å²) in [5.74, 6) is 0.262. The molecule has 4 N–H and O–H groups in total. The second-order valence-corrected chi connectivity index (χ2v) is 8.49. The molecule has 0 saturated heterocycles. The first-order valence-corrected chi connectivity index (χ1v) is 12.2. The highest BCUT2D eigenvalue weighted by atomic mass is 35.5. The van der Waals surface area contributed by atoms with Crippen molar-refractivity contribution in [1.82, 2.24) is 15.2 Å². The van der Waals surface area contributed by atoms with Crippen LogP contribution in [0.5, 0.6) is 5.75 Å². The molecule has 3 aromatic rings. The molecular formula is C27H30ClN5O3. The maximum absolute atomic E-state index is 12.8. The Labute approximate surface area is 216 Å². The van der Waals surface area contributed by atoms with Gasteiger partial charge in [0.15, 0.2) is 5.96 Å². The number of amides is 1. The number of carbonyl (C=O) groups excluding carboxylic acids is 1. The number of hydrogen-bond acceptors (Lipinski definition) is 5. The maximum atomic E-state index is 12.8. The molecule has 9 heteroatoms. The predicted molar refractivity (Wildman–Crippen MR) is 141 cm³/mol. The summed E-state index contributed by atoms with van der Waals surface area (Å²) in [5, 5.41) is 31.3. The van der Waals surface area contributed by atoms with Crippen LogP contribution in [0.3, 0.4) is 0 Å². The van der Waals surface area contributed by atoms with Gasteiger partial charge in [0, 0.05) is 35.9 Å². The number of halogens is 1. The van der Waals surface area contributed by atoms with Crippen molar-refractivity contribution in [2.75, 3.05) is 19.8 Å². The SMILES string of the molecule is N#CCCCCOc1ccc(-c2ccc(-c3ccccc3Cl)n2CC(=O)NC(=N)NCCCO)cc1. The van der Waals surface area contributed by atoms with Crippen LogP contribution in [0.15, 0.2) is 60.7 Å². The Balaban J connectivity index is 1.81.